The predicted octanol–water partition coefficient (Wildman–Crippen LogP) is 2.21. The number of rotatable bonds is 4. The number of hydrogen-bond acceptors (Lipinski definition) is 5. The number of likely N-dealkylation sites (N-methyl/N-ethyl adjacent to an activating group) is 1. The van der Waals surface area contributed by atoms with Crippen molar-refractivity contribution >= 4 is 17.3 Å². The molecular weight excluding hydrogens is 306 g/mol. The van der Waals surface area contributed by atoms with E-state index >= 15 is 0 Å². The Hall–Kier alpha value is -2.79. The first-order valence-corrected chi connectivity index (χ1v) is 7.53. The van der Waals surface area contributed by atoms with Crippen molar-refractivity contribution in [2.24, 2.45) is 0 Å². The van der Waals surface area contributed by atoms with Gasteiger partial charge in [0.25, 0.3) is 0 Å². The molecule has 0 radical (unpaired) electrons. The van der Waals surface area contributed by atoms with Crippen molar-refractivity contribution in [3.63, 3.8) is 0 Å². The number of ketones is 3. The molecule has 0 aromatic heterocycles. The standard InChI is InChI=1S/C19H17NO4/c1-20(2)10-15(21)13-8-9-14-16(19(13)24-3)18(23)12-7-5-4-6-11(12)17(14)22/h4-9H,10H2,1-3H3. The second-order valence-corrected chi connectivity index (χ2v) is 5.93. The Balaban J connectivity index is 2.21. The van der Waals surface area contributed by atoms with Gasteiger partial charge < -0.3 is 9.64 Å². The van der Waals surface area contributed by atoms with Crippen LogP contribution in [-0.4, -0.2) is 50.0 Å². The highest BCUT2D eigenvalue weighted by atomic mass is 16.5. The summed E-state index contributed by atoms with van der Waals surface area (Å²) < 4.78 is 5.37. The third kappa shape index (κ3) is 2.43. The number of carbonyl (C=O) groups is 3. The number of Topliss-reactive ketones (excluding diaryl/α,β-unsaturated/α-hetero) is 1. The van der Waals surface area contributed by atoms with Crippen molar-refractivity contribution in [3.8, 4) is 5.75 Å². The van der Waals surface area contributed by atoms with Crippen LogP contribution in [0.25, 0.3) is 0 Å². The van der Waals surface area contributed by atoms with Gasteiger partial charge in [-0.25, -0.2) is 0 Å². The summed E-state index contributed by atoms with van der Waals surface area (Å²) in [4.78, 5) is 39.7. The molecule has 1 aliphatic carbocycles. The van der Waals surface area contributed by atoms with Crippen LogP contribution < -0.4 is 4.74 Å². The van der Waals surface area contributed by atoms with E-state index in [2.05, 4.69) is 0 Å². The van der Waals surface area contributed by atoms with Gasteiger partial charge in [-0.3, -0.25) is 14.4 Å². The lowest BCUT2D eigenvalue weighted by Crippen LogP contribution is -2.25. The van der Waals surface area contributed by atoms with Gasteiger partial charge in [0.2, 0.25) is 0 Å². The maximum atomic E-state index is 12.9. The predicted molar refractivity (Wildman–Crippen MR) is 89.2 cm³/mol. The maximum Gasteiger partial charge on any atom is 0.198 e. The van der Waals surface area contributed by atoms with Gasteiger partial charge in [0.1, 0.15) is 5.75 Å². The van der Waals surface area contributed by atoms with Crippen molar-refractivity contribution < 1.29 is 19.1 Å². The molecule has 24 heavy (non-hydrogen) atoms. The van der Waals surface area contributed by atoms with E-state index in [1.165, 1.54) is 13.2 Å². The number of carbonyl (C=O) groups excluding carboxylic acids is 3. The van der Waals surface area contributed by atoms with Crippen LogP contribution in [0.15, 0.2) is 36.4 Å². The Morgan fingerprint density at radius 3 is 2.17 bits per heavy atom. The van der Waals surface area contributed by atoms with Crippen molar-refractivity contribution in [3.05, 3.63) is 64.2 Å². The average molecular weight is 323 g/mol. The largest absolute Gasteiger partial charge is 0.495 e. The fraction of sp³-hybridized carbons (Fsp3) is 0.211. The number of ether oxygens (including phenoxy) is 1. The fourth-order valence-corrected chi connectivity index (χ4v) is 2.96. The monoisotopic (exact) mass is 323 g/mol. The minimum Gasteiger partial charge on any atom is -0.495 e. The lowest BCUT2D eigenvalue weighted by Gasteiger charge is -2.21. The van der Waals surface area contributed by atoms with Gasteiger partial charge >= 0.3 is 0 Å². The molecule has 0 heterocycles. The molecule has 0 saturated carbocycles. The van der Waals surface area contributed by atoms with Crippen LogP contribution in [-0.2, 0) is 0 Å². The van der Waals surface area contributed by atoms with Crippen LogP contribution >= 0.6 is 0 Å². The molecule has 0 unspecified atom stereocenters. The van der Waals surface area contributed by atoms with Crippen molar-refractivity contribution in [1.29, 1.82) is 0 Å². The molecule has 0 atom stereocenters. The molecule has 0 aliphatic heterocycles. The Bertz CT molecular complexity index is 868. The topological polar surface area (TPSA) is 63.7 Å². The second kappa shape index (κ2) is 6.02. The number of hydrogen-bond donors (Lipinski definition) is 0. The van der Waals surface area contributed by atoms with Gasteiger partial charge in [0, 0.05) is 16.7 Å². The van der Waals surface area contributed by atoms with Crippen LogP contribution in [0.5, 0.6) is 5.75 Å². The van der Waals surface area contributed by atoms with Gasteiger partial charge in [-0.2, -0.15) is 0 Å². The number of nitrogens with zero attached hydrogens (tertiary/aromatic N) is 1. The smallest absolute Gasteiger partial charge is 0.198 e. The molecule has 5 heteroatoms. The van der Waals surface area contributed by atoms with E-state index in [0.717, 1.165) is 0 Å². The molecule has 3 rings (SSSR count). The van der Waals surface area contributed by atoms with Crippen molar-refractivity contribution in [1.82, 2.24) is 4.90 Å². The van der Waals surface area contributed by atoms with E-state index in [-0.39, 0.29) is 40.8 Å². The van der Waals surface area contributed by atoms with Gasteiger partial charge in [-0.15, -0.1) is 0 Å². The SMILES string of the molecule is COc1c(C(=O)CN(C)C)ccc2c1C(=O)c1ccccc1C2=O. The molecule has 1 aliphatic rings. The Kier molecular flexibility index (Phi) is 4.03. The summed E-state index contributed by atoms with van der Waals surface area (Å²) >= 11 is 0. The molecule has 0 fully saturated rings. The van der Waals surface area contributed by atoms with Gasteiger partial charge in [-0.05, 0) is 26.2 Å². The minimum absolute atomic E-state index is 0.168. The normalized spacial score (nSPS) is 12.8. The Morgan fingerprint density at radius 2 is 1.58 bits per heavy atom. The van der Waals surface area contributed by atoms with Crippen LogP contribution in [0.4, 0.5) is 0 Å². The quantitative estimate of drug-likeness (QED) is 0.689. The molecule has 122 valence electrons. The zero-order chi connectivity index (χ0) is 17.4. The molecule has 5 nitrogen and oxygen atoms in total. The zero-order valence-electron chi connectivity index (χ0n) is 13.8. The summed E-state index contributed by atoms with van der Waals surface area (Å²) in [5.41, 5.74) is 1.48. The van der Waals surface area contributed by atoms with Gasteiger partial charge in [-0.1, -0.05) is 24.3 Å². The van der Waals surface area contributed by atoms with Crippen molar-refractivity contribution in [2.75, 3.05) is 27.7 Å². The summed E-state index contributed by atoms with van der Waals surface area (Å²) in [6.45, 7) is 0.188. The lowest BCUT2D eigenvalue weighted by atomic mass is 9.82. The molecule has 2 aromatic carbocycles. The van der Waals surface area contributed by atoms with Crippen LogP contribution in [0.2, 0.25) is 0 Å². The molecule has 0 saturated heterocycles. The molecule has 0 bridgehead atoms. The van der Waals surface area contributed by atoms with Gasteiger partial charge in [0.15, 0.2) is 17.3 Å². The first-order valence-electron chi connectivity index (χ1n) is 7.53. The van der Waals surface area contributed by atoms with E-state index < -0.39 is 0 Å². The molecule has 0 spiro atoms. The van der Waals surface area contributed by atoms with Crippen LogP contribution in [0, 0.1) is 0 Å². The highest BCUT2D eigenvalue weighted by Gasteiger charge is 2.34. The van der Waals surface area contributed by atoms with Crippen molar-refractivity contribution in [2.45, 2.75) is 0 Å². The first-order chi connectivity index (χ1) is 11.5. The summed E-state index contributed by atoms with van der Waals surface area (Å²) in [5, 5.41) is 0. The van der Waals surface area contributed by atoms with Crippen LogP contribution in [0.1, 0.15) is 42.2 Å². The minimum atomic E-state index is -0.295. The highest BCUT2D eigenvalue weighted by Crippen LogP contribution is 2.35. The van der Waals surface area contributed by atoms with E-state index in [1.54, 1.807) is 49.3 Å². The second-order valence-electron chi connectivity index (χ2n) is 5.93. The maximum absolute atomic E-state index is 12.9. The third-order valence-electron chi connectivity index (χ3n) is 4.01. The Morgan fingerprint density at radius 1 is 0.958 bits per heavy atom. The summed E-state index contributed by atoms with van der Waals surface area (Å²) in [6.07, 6.45) is 0. The number of benzene rings is 2. The molecule has 0 N–H and O–H groups in total. The fourth-order valence-electron chi connectivity index (χ4n) is 2.96. The number of fused-ring (bicyclic) bond motifs is 2. The van der Waals surface area contributed by atoms with E-state index in [9.17, 15) is 14.4 Å². The summed E-state index contributed by atoms with van der Waals surface area (Å²) in [6, 6.07) is 9.78. The summed E-state index contributed by atoms with van der Waals surface area (Å²) in [7, 11) is 4.97. The molecule has 2 aromatic rings. The molecule has 0 amide bonds. The average Bonchev–Trinajstić information content (AvgIpc) is 2.57. The van der Waals surface area contributed by atoms with E-state index in [4.69, 9.17) is 4.74 Å². The Labute approximate surface area is 139 Å². The summed E-state index contributed by atoms with van der Waals surface area (Å²) in [5.74, 6) is -0.521. The van der Waals surface area contributed by atoms with Gasteiger partial charge in [0.05, 0.1) is 24.8 Å². The third-order valence-corrected chi connectivity index (χ3v) is 4.01. The van der Waals surface area contributed by atoms with Crippen LogP contribution in [0.3, 0.4) is 0 Å². The van der Waals surface area contributed by atoms with E-state index in [0.29, 0.717) is 16.7 Å². The zero-order valence-corrected chi connectivity index (χ0v) is 13.8. The number of methoxy groups -OCH3 is 1. The lowest BCUT2D eigenvalue weighted by molar-refractivity contribution is 0.0950. The van der Waals surface area contributed by atoms with E-state index in [1.807, 2.05) is 0 Å². The first kappa shape index (κ1) is 16.1. The molecular formula is C19H17NO4. The highest BCUT2D eigenvalue weighted by molar-refractivity contribution is 6.30.